The summed E-state index contributed by atoms with van der Waals surface area (Å²) < 4.78 is 50.5. The minimum Gasteiger partial charge on any atom is -0.327 e. The van der Waals surface area contributed by atoms with Gasteiger partial charge in [-0.3, -0.25) is 0 Å². The van der Waals surface area contributed by atoms with E-state index in [1.54, 1.807) is 0 Å². The predicted octanol–water partition coefficient (Wildman–Crippen LogP) is 3.83. The third-order valence-corrected chi connectivity index (χ3v) is 2.03. The number of rotatable bonds is 9. The number of alkyl halides is 3. The summed E-state index contributed by atoms with van der Waals surface area (Å²) in [6.07, 6.45) is -1.79. The highest BCUT2D eigenvalue weighted by Crippen LogP contribution is 2.27. The number of hydrogen-bond acceptors (Lipinski definition) is 3. The molecule has 0 amide bonds. The zero-order chi connectivity index (χ0) is 13.4. The highest BCUT2D eigenvalue weighted by atomic mass is 19.4. The van der Waals surface area contributed by atoms with E-state index in [2.05, 4.69) is 4.74 Å². The molecule has 6 heteroatoms. The second kappa shape index (κ2) is 7.89. The molecule has 0 unspecified atom stereocenters. The molecule has 0 aromatic heterocycles. The molecule has 0 spiro atoms. The standard InChI is InChI=1S/C11H21F3O3/c1-4-6-8-15-10(3,16-9-7-5-2)17-11(12,13)14/h4-9H2,1-3H3. The Hall–Kier alpha value is -0.330. The summed E-state index contributed by atoms with van der Waals surface area (Å²) in [4.78, 5) is 0. The van der Waals surface area contributed by atoms with Crippen molar-refractivity contribution < 1.29 is 27.4 Å². The lowest BCUT2D eigenvalue weighted by molar-refractivity contribution is -0.479. The number of ether oxygens (including phenoxy) is 3. The van der Waals surface area contributed by atoms with Crippen molar-refractivity contribution in [2.45, 2.75) is 58.8 Å². The molecule has 0 fully saturated rings. The summed E-state index contributed by atoms with van der Waals surface area (Å²) in [5.41, 5.74) is 0. The average molecular weight is 258 g/mol. The number of halogens is 3. The molecular weight excluding hydrogens is 237 g/mol. The summed E-state index contributed by atoms with van der Waals surface area (Å²) in [5.74, 6) is -2.04. The molecule has 0 radical (unpaired) electrons. The first kappa shape index (κ1) is 16.7. The Kier molecular flexibility index (Phi) is 7.74. The maximum absolute atomic E-state index is 12.2. The Balaban J connectivity index is 4.24. The van der Waals surface area contributed by atoms with Gasteiger partial charge in [-0.25, -0.2) is 4.74 Å². The normalized spacial score (nSPS) is 13.1. The lowest BCUT2D eigenvalue weighted by Gasteiger charge is -2.30. The fraction of sp³-hybridized carbons (Fsp3) is 1.00. The molecule has 0 aliphatic heterocycles. The van der Waals surface area contributed by atoms with E-state index in [1.807, 2.05) is 13.8 Å². The fourth-order valence-electron chi connectivity index (χ4n) is 1.11. The Morgan fingerprint density at radius 3 is 1.59 bits per heavy atom. The fourth-order valence-corrected chi connectivity index (χ4v) is 1.11. The van der Waals surface area contributed by atoms with Crippen molar-refractivity contribution in [2.24, 2.45) is 0 Å². The van der Waals surface area contributed by atoms with Crippen LogP contribution in [-0.4, -0.2) is 25.5 Å². The topological polar surface area (TPSA) is 27.7 Å². The Morgan fingerprint density at radius 2 is 1.29 bits per heavy atom. The number of unbranched alkanes of at least 4 members (excludes halogenated alkanes) is 2. The zero-order valence-corrected chi connectivity index (χ0v) is 10.6. The molecule has 17 heavy (non-hydrogen) atoms. The van der Waals surface area contributed by atoms with Gasteiger partial charge in [0.1, 0.15) is 0 Å². The summed E-state index contributed by atoms with van der Waals surface area (Å²) in [5, 5.41) is 0. The van der Waals surface area contributed by atoms with Crippen molar-refractivity contribution in [3.05, 3.63) is 0 Å². The minimum atomic E-state index is -4.77. The molecule has 0 heterocycles. The van der Waals surface area contributed by atoms with Crippen LogP contribution in [0.5, 0.6) is 0 Å². The van der Waals surface area contributed by atoms with Gasteiger partial charge < -0.3 is 9.47 Å². The molecule has 3 nitrogen and oxygen atoms in total. The molecule has 0 aromatic rings. The Morgan fingerprint density at radius 1 is 0.882 bits per heavy atom. The quantitative estimate of drug-likeness (QED) is 0.464. The highest BCUT2D eigenvalue weighted by molar-refractivity contribution is 4.51. The summed E-state index contributed by atoms with van der Waals surface area (Å²) in [6.45, 7) is 5.34. The van der Waals surface area contributed by atoms with Gasteiger partial charge in [0.05, 0.1) is 13.2 Å². The van der Waals surface area contributed by atoms with Crippen LogP contribution in [0, 0.1) is 0 Å². The van der Waals surface area contributed by atoms with E-state index in [4.69, 9.17) is 9.47 Å². The molecule has 0 aliphatic carbocycles. The SMILES string of the molecule is CCCCOC(C)(OCCCC)OC(F)(F)F. The van der Waals surface area contributed by atoms with Crippen molar-refractivity contribution in [1.82, 2.24) is 0 Å². The van der Waals surface area contributed by atoms with E-state index in [0.29, 0.717) is 12.8 Å². The van der Waals surface area contributed by atoms with E-state index in [-0.39, 0.29) is 13.2 Å². The van der Waals surface area contributed by atoms with Crippen molar-refractivity contribution in [1.29, 1.82) is 0 Å². The van der Waals surface area contributed by atoms with Gasteiger partial charge in [0.2, 0.25) is 0 Å². The molecule has 104 valence electrons. The minimum absolute atomic E-state index is 0.176. The molecule has 0 aliphatic rings. The van der Waals surface area contributed by atoms with E-state index in [1.165, 1.54) is 0 Å². The van der Waals surface area contributed by atoms with Gasteiger partial charge in [-0.2, -0.15) is 0 Å². The van der Waals surface area contributed by atoms with E-state index >= 15 is 0 Å². The first-order chi connectivity index (χ1) is 7.83. The van der Waals surface area contributed by atoms with Crippen LogP contribution in [0.2, 0.25) is 0 Å². The van der Waals surface area contributed by atoms with Crippen LogP contribution in [0.25, 0.3) is 0 Å². The predicted molar refractivity (Wildman–Crippen MR) is 57.3 cm³/mol. The lowest BCUT2D eigenvalue weighted by atomic mass is 10.3. The van der Waals surface area contributed by atoms with Gasteiger partial charge >= 0.3 is 6.36 Å². The first-order valence-electron chi connectivity index (χ1n) is 5.88. The summed E-state index contributed by atoms with van der Waals surface area (Å²) in [6, 6.07) is 0. The third-order valence-electron chi connectivity index (χ3n) is 2.03. The van der Waals surface area contributed by atoms with Crippen LogP contribution < -0.4 is 0 Å². The molecule has 0 rings (SSSR count). The molecule has 0 saturated carbocycles. The molecule has 0 atom stereocenters. The zero-order valence-electron chi connectivity index (χ0n) is 10.6. The number of hydrogen-bond donors (Lipinski definition) is 0. The highest BCUT2D eigenvalue weighted by Gasteiger charge is 2.42. The first-order valence-corrected chi connectivity index (χ1v) is 5.88. The van der Waals surface area contributed by atoms with Crippen LogP contribution >= 0.6 is 0 Å². The monoisotopic (exact) mass is 258 g/mol. The van der Waals surface area contributed by atoms with E-state index in [0.717, 1.165) is 19.8 Å². The third kappa shape index (κ3) is 9.38. The maximum Gasteiger partial charge on any atom is 0.526 e. The lowest BCUT2D eigenvalue weighted by Crippen LogP contribution is -2.41. The van der Waals surface area contributed by atoms with Crippen molar-refractivity contribution in [2.75, 3.05) is 13.2 Å². The van der Waals surface area contributed by atoms with Crippen LogP contribution in [0.1, 0.15) is 46.5 Å². The van der Waals surface area contributed by atoms with Gasteiger partial charge in [0.25, 0.3) is 5.97 Å². The maximum atomic E-state index is 12.2. The van der Waals surface area contributed by atoms with Gasteiger partial charge in [0, 0.05) is 6.92 Å². The largest absolute Gasteiger partial charge is 0.526 e. The Labute approximate surface area is 100 Å². The van der Waals surface area contributed by atoms with Crippen molar-refractivity contribution in [3.8, 4) is 0 Å². The Bertz CT molecular complexity index is 185. The van der Waals surface area contributed by atoms with Crippen LogP contribution in [0.3, 0.4) is 0 Å². The van der Waals surface area contributed by atoms with Crippen LogP contribution in [0.4, 0.5) is 13.2 Å². The second-order valence-electron chi connectivity index (χ2n) is 3.81. The van der Waals surface area contributed by atoms with Gasteiger partial charge in [-0.15, -0.1) is 13.2 Å². The van der Waals surface area contributed by atoms with Crippen LogP contribution in [0.15, 0.2) is 0 Å². The van der Waals surface area contributed by atoms with Gasteiger partial charge in [-0.1, -0.05) is 26.7 Å². The van der Waals surface area contributed by atoms with Crippen molar-refractivity contribution >= 4 is 0 Å². The van der Waals surface area contributed by atoms with E-state index in [9.17, 15) is 13.2 Å². The van der Waals surface area contributed by atoms with E-state index < -0.39 is 12.3 Å². The van der Waals surface area contributed by atoms with Gasteiger partial charge in [0.15, 0.2) is 0 Å². The molecule has 0 saturated heterocycles. The van der Waals surface area contributed by atoms with Gasteiger partial charge in [-0.05, 0) is 12.8 Å². The molecular formula is C11H21F3O3. The summed E-state index contributed by atoms with van der Waals surface area (Å²) in [7, 11) is 0. The van der Waals surface area contributed by atoms with Crippen molar-refractivity contribution in [3.63, 3.8) is 0 Å². The molecule has 0 aromatic carbocycles. The summed E-state index contributed by atoms with van der Waals surface area (Å²) >= 11 is 0. The molecule has 0 N–H and O–H groups in total. The smallest absolute Gasteiger partial charge is 0.327 e. The second-order valence-corrected chi connectivity index (χ2v) is 3.81. The van der Waals surface area contributed by atoms with Crippen LogP contribution in [-0.2, 0) is 14.2 Å². The molecule has 0 bridgehead atoms. The average Bonchev–Trinajstić information content (AvgIpc) is 2.15.